The lowest BCUT2D eigenvalue weighted by atomic mass is 9.97. The lowest BCUT2D eigenvalue weighted by Crippen LogP contribution is -2.25. The number of carbonyl (C=O) groups excluding carboxylic acids is 1. The van der Waals surface area contributed by atoms with Crippen molar-refractivity contribution >= 4 is 54.1 Å². The number of fused-ring (bicyclic) bond motifs is 2. The SMILES string of the molecule is CNC(=O)c1c(-c2ccc(C)cc2)oc2cc(N(C)S(C)(=O)=O)c(-c3cccc(-c4nc5cc(C)ccc5s4)c3)cc12. The van der Waals surface area contributed by atoms with E-state index < -0.39 is 10.0 Å². The predicted octanol–water partition coefficient (Wildman–Crippen LogP) is 7.42. The number of rotatable bonds is 6. The van der Waals surface area contributed by atoms with E-state index in [1.165, 1.54) is 11.4 Å². The average molecular weight is 596 g/mol. The molecule has 6 rings (SSSR count). The Morgan fingerprint density at radius 2 is 1.62 bits per heavy atom. The molecule has 42 heavy (non-hydrogen) atoms. The van der Waals surface area contributed by atoms with Gasteiger partial charge in [-0.1, -0.05) is 54.1 Å². The Morgan fingerprint density at radius 1 is 0.905 bits per heavy atom. The van der Waals surface area contributed by atoms with E-state index in [0.29, 0.717) is 33.5 Å². The first-order valence-electron chi connectivity index (χ1n) is 13.3. The Labute approximate surface area is 248 Å². The molecule has 0 saturated carbocycles. The molecule has 7 nitrogen and oxygen atoms in total. The van der Waals surface area contributed by atoms with E-state index in [-0.39, 0.29) is 5.91 Å². The molecule has 6 aromatic rings. The van der Waals surface area contributed by atoms with Crippen LogP contribution in [0.4, 0.5) is 5.69 Å². The number of anilines is 1. The van der Waals surface area contributed by atoms with Crippen LogP contribution in [0.3, 0.4) is 0 Å². The van der Waals surface area contributed by atoms with Crippen molar-refractivity contribution in [1.29, 1.82) is 0 Å². The minimum Gasteiger partial charge on any atom is -0.455 e. The molecule has 1 N–H and O–H groups in total. The Morgan fingerprint density at radius 3 is 2.33 bits per heavy atom. The number of nitrogens with zero attached hydrogens (tertiary/aromatic N) is 2. The first-order chi connectivity index (χ1) is 20.0. The summed E-state index contributed by atoms with van der Waals surface area (Å²) in [5, 5.41) is 4.19. The van der Waals surface area contributed by atoms with Crippen LogP contribution in [-0.2, 0) is 10.0 Å². The van der Waals surface area contributed by atoms with Gasteiger partial charge in [0, 0.05) is 42.2 Å². The zero-order valence-electron chi connectivity index (χ0n) is 23.8. The topological polar surface area (TPSA) is 92.5 Å². The first-order valence-corrected chi connectivity index (χ1v) is 16.0. The van der Waals surface area contributed by atoms with Gasteiger partial charge in [-0.2, -0.15) is 0 Å². The second kappa shape index (κ2) is 10.4. The van der Waals surface area contributed by atoms with Crippen molar-refractivity contribution in [2.45, 2.75) is 13.8 Å². The number of aryl methyl sites for hydroxylation is 2. The van der Waals surface area contributed by atoms with Gasteiger partial charge in [-0.15, -0.1) is 11.3 Å². The number of amides is 1. The van der Waals surface area contributed by atoms with Crippen LogP contribution in [0.2, 0.25) is 0 Å². The third-order valence-electron chi connectivity index (χ3n) is 7.37. The Bertz CT molecular complexity index is 2110. The number of benzene rings is 4. The van der Waals surface area contributed by atoms with Gasteiger partial charge in [0.15, 0.2) is 0 Å². The molecule has 0 spiro atoms. The van der Waals surface area contributed by atoms with E-state index >= 15 is 0 Å². The summed E-state index contributed by atoms with van der Waals surface area (Å²) in [5.41, 5.74) is 7.52. The third-order valence-corrected chi connectivity index (χ3v) is 9.65. The third kappa shape index (κ3) is 4.95. The van der Waals surface area contributed by atoms with Gasteiger partial charge in [-0.05, 0) is 49.2 Å². The quantitative estimate of drug-likeness (QED) is 0.216. The summed E-state index contributed by atoms with van der Waals surface area (Å²) in [5.74, 6) is 0.131. The standard InChI is InChI=1S/C33H29N3O4S2/c1-19-9-12-21(13-10-19)31-30(32(37)34-3)25-17-24(27(18-28(25)40-31)36(4)42(5,38)39)22-7-6-8-23(16-22)33-35-26-15-20(2)11-14-29(26)41-33/h6-18H,1-5H3,(H,34,37). The maximum Gasteiger partial charge on any atom is 0.255 e. The summed E-state index contributed by atoms with van der Waals surface area (Å²) < 4.78 is 34.2. The van der Waals surface area contributed by atoms with Crippen molar-refractivity contribution < 1.29 is 17.6 Å². The Hall–Kier alpha value is -4.47. The van der Waals surface area contributed by atoms with Crippen molar-refractivity contribution in [3.8, 4) is 33.0 Å². The molecule has 212 valence electrons. The number of carbonyl (C=O) groups is 1. The summed E-state index contributed by atoms with van der Waals surface area (Å²) in [6.45, 7) is 4.04. The Kier molecular flexibility index (Phi) is 6.87. The number of hydrogen-bond acceptors (Lipinski definition) is 6. The lowest BCUT2D eigenvalue weighted by Gasteiger charge is -2.21. The van der Waals surface area contributed by atoms with Gasteiger partial charge in [-0.3, -0.25) is 9.10 Å². The van der Waals surface area contributed by atoms with Crippen LogP contribution < -0.4 is 9.62 Å². The van der Waals surface area contributed by atoms with Gasteiger partial charge >= 0.3 is 0 Å². The molecular weight excluding hydrogens is 567 g/mol. The van der Waals surface area contributed by atoms with Crippen molar-refractivity contribution in [2.24, 2.45) is 0 Å². The van der Waals surface area contributed by atoms with Crippen molar-refractivity contribution in [1.82, 2.24) is 10.3 Å². The van der Waals surface area contributed by atoms with Gasteiger partial charge < -0.3 is 9.73 Å². The highest BCUT2D eigenvalue weighted by atomic mass is 32.2. The molecule has 0 radical (unpaired) electrons. The molecule has 0 atom stereocenters. The maximum atomic E-state index is 13.2. The number of aromatic nitrogens is 1. The van der Waals surface area contributed by atoms with E-state index in [9.17, 15) is 13.2 Å². The first kappa shape index (κ1) is 27.7. The van der Waals surface area contributed by atoms with Crippen LogP contribution in [0.5, 0.6) is 0 Å². The number of hydrogen-bond donors (Lipinski definition) is 1. The largest absolute Gasteiger partial charge is 0.455 e. The molecule has 0 saturated heterocycles. The van der Waals surface area contributed by atoms with Gasteiger partial charge in [0.1, 0.15) is 16.4 Å². The zero-order valence-corrected chi connectivity index (χ0v) is 25.5. The summed E-state index contributed by atoms with van der Waals surface area (Å²) in [7, 11) is -0.522. The van der Waals surface area contributed by atoms with E-state index in [0.717, 1.165) is 49.3 Å². The van der Waals surface area contributed by atoms with Crippen molar-refractivity contribution in [3.63, 3.8) is 0 Å². The smallest absolute Gasteiger partial charge is 0.255 e. The average Bonchev–Trinajstić information content (AvgIpc) is 3.56. The second-order valence-electron chi connectivity index (χ2n) is 10.4. The maximum absolute atomic E-state index is 13.2. The highest BCUT2D eigenvalue weighted by Gasteiger charge is 2.26. The summed E-state index contributed by atoms with van der Waals surface area (Å²) in [6, 6.07) is 25.4. The molecule has 0 bridgehead atoms. The van der Waals surface area contributed by atoms with Gasteiger partial charge in [0.25, 0.3) is 5.91 Å². The van der Waals surface area contributed by atoms with E-state index in [4.69, 9.17) is 9.40 Å². The molecule has 1 amide bonds. The van der Waals surface area contributed by atoms with Crippen molar-refractivity contribution in [2.75, 3.05) is 24.7 Å². The number of sulfonamides is 1. The molecule has 2 heterocycles. The van der Waals surface area contributed by atoms with Gasteiger partial charge in [-0.25, -0.2) is 13.4 Å². The van der Waals surface area contributed by atoms with Crippen molar-refractivity contribution in [3.05, 3.63) is 95.6 Å². The molecular formula is C33H29N3O4S2. The monoisotopic (exact) mass is 595 g/mol. The molecule has 9 heteroatoms. The van der Waals surface area contributed by atoms with Crippen LogP contribution in [-0.4, -0.2) is 39.7 Å². The molecule has 0 aliphatic rings. The van der Waals surface area contributed by atoms with E-state index in [1.54, 1.807) is 24.5 Å². The summed E-state index contributed by atoms with van der Waals surface area (Å²) in [4.78, 5) is 18.1. The van der Waals surface area contributed by atoms with Crippen LogP contribution in [0.1, 0.15) is 21.5 Å². The molecule has 0 unspecified atom stereocenters. The molecule has 2 aromatic heterocycles. The fourth-order valence-electron chi connectivity index (χ4n) is 5.04. The minimum absolute atomic E-state index is 0.294. The predicted molar refractivity (Wildman–Crippen MR) is 172 cm³/mol. The Balaban J connectivity index is 1.60. The molecule has 0 fully saturated rings. The molecule has 0 aliphatic heterocycles. The second-order valence-corrected chi connectivity index (χ2v) is 13.5. The molecule has 4 aromatic carbocycles. The van der Waals surface area contributed by atoms with E-state index in [1.807, 2.05) is 68.4 Å². The van der Waals surface area contributed by atoms with Crippen LogP contribution in [0, 0.1) is 13.8 Å². The van der Waals surface area contributed by atoms with Crippen LogP contribution in [0.25, 0.3) is 54.2 Å². The lowest BCUT2D eigenvalue weighted by molar-refractivity contribution is 0.0964. The highest BCUT2D eigenvalue weighted by molar-refractivity contribution is 7.92. The highest BCUT2D eigenvalue weighted by Crippen LogP contribution is 2.42. The van der Waals surface area contributed by atoms with E-state index in [2.05, 4.69) is 23.5 Å². The van der Waals surface area contributed by atoms with Gasteiger partial charge in [0.05, 0.1) is 27.7 Å². The van der Waals surface area contributed by atoms with Crippen LogP contribution in [0.15, 0.2) is 83.3 Å². The zero-order chi connectivity index (χ0) is 29.8. The summed E-state index contributed by atoms with van der Waals surface area (Å²) in [6.07, 6.45) is 1.16. The molecule has 0 aliphatic carbocycles. The normalized spacial score (nSPS) is 11.7. The minimum atomic E-state index is -3.62. The number of thiazole rings is 1. The fraction of sp³-hybridized carbons (Fsp3) is 0.152. The summed E-state index contributed by atoms with van der Waals surface area (Å²) >= 11 is 1.61. The fourth-order valence-corrected chi connectivity index (χ4v) is 6.49. The van der Waals surface area contributed by atoms with Crippen LogP contribution >= 0.6 is 11.3 Å². The number of furan rings is 1. The number of nitrogens with one attached hydrogen (secondary N) is 1. The van der Waals surface area contributed by atoms with Gasteiger partial charge in [0.2, 0.25) is 10.0 Å².